The number of halogens is 2. The second-order valence-corrected chi connectivity index (χ2v) is 9.18. The van der Waals surface area contributed by atoms with Gasteiger partial charge in [-0.15, -0.1) is 0 Å². The predicted octanol–water partition coefficient (Wildman–Crippen LogP) is 4.23. The van der Waals surface area contributed by atoms with Gasteiger partial charge in [0.2, 0.25) is 5.91 Å². The minimum Gasteiger partial charge on any atom is -0.383 e. The van der Waals surface area contributed by atoms with E-state index in [1.165, 1.54) is 24.3 Å². The third-order valence-corrected chi connectivity index (χ3v) is 6.19. The second kappa shape index (κ2) is 10.9. The molecule has 1 amide bonds. The van der Waals surface area contributed by atoms with Crippen molar-refractivity contribution in [3.05, 3.63) is 77.8 Å². The number of carbonyl (C=O) groups excluding carboxylic acids is 1. The number of rotatable bonds is 11. The van der Waals surface area contributed by atoms with Crippen molar-refractivity contribution in [3.63, 3.8) is 0 Å². The topological polar surface area (TPSA) is 96.2 Å². The van der Waals surface area contributed by atoms with Crippen LogP contribution in [0.5, 0.6) is 0 Å². The highest BCUT2D eigenvalue weighted by Crippen LogP contribution is 2.40. The smallest absolute Gasteiger partial charge is 0.223 e. The van der Waals surface area contributed by atoms with Crippen molar-refractivity contribution in [1.82, 2.24) is 9.55 Å². The summed E-state index contributed by atoms with van der Waals surface area (Å²) >= 11 is 0. The number of nitrogens with zero attached hydrogens (tertiary/aromatic N) is 2. The Labute approximate surface area is 198 Å². The van der Waals surface area contributed by atoms with E-state index in [9.17, 15) is 13.6 Å². The molecule has 34 heavy (non-hydrogen) atoms. The van der Waals surface area contributed by atoms with Gasteiger partial charge in [-0.1, -0.05) is 38.1 Å². The lowest BCUT2D eigenvalue weighted by Gasteiger charge is -2.32. The monoisotopic (exact) mass is 470 g/mol. The van der Waals surface area contributed by atoms with Crippen molar-refractivity contribution in [1.29, 1.82) is 0 Å². The molecule has 182 valence electrons. The molecule has 6 nitrogen and oxygen atoms in total. The number of nitrogens with two attached hydrogens (primary N) is 2. The minimum absolute atomic E-state index is 0.217. The summed E-state index contributed by atoms with van der Waals surface area (Å²) in [6.07, 6.45) is 2.91. The van der Waals surface area contributed by atoms with Crippen LogP contribution in [0.3, 0.4) is 0 Å². The molecule has 2 aromatic carbocycles. The van der Waals surface area contributed by atoms with Crippen LogP contribution in [-0.2, 0) is 16.1 Å². The lowest BCUT2D eigenvalue weighted by molar-refractivity contribution is -0.127. The first-order valence-electron chi connectivity index (χ1n) is 11.2. The summed E-state index contributed by atoms with van der Waals surface area (Å²) in [6.45, 7) is 4.27. The highest BCUT2D eigenvalue weighted by atomic mass is 19.1. The number of methoxy groups -OCH3 is 1. The van der Waals surface area contributed by atoms with E-state index in [1.807, 2.05) is 10.6 Å². The van der Waals surface area contributed by atoms with Gasteiger partial charge in [0.1, 0.15) is 17.5 Å². The van der Waals surface area contributed by atoms with Gasteiger partial charge in [0.05, 0.1) is 17.7 Å². The molecule has 1 aromatic heterocycles. The second-order valence-electron chi connectivity index (χ2n) is 9.18. The molecule has 0 unspecified atom stereocenters. The van der Waals surface area contributed by atoms with Gasteiger partial charge < -0.3 is 20.8 Å². The number of amides is 1. The Balaban J connectivity index is 2.10. The summed E-state index contributed by atoms with van der Waals surface area (Å²) in [4.78, 5) is 17.3. The number of hydrogen-bond donors (Lipinski definition) is 2. The first-order chi connectivity index (χ1) is 16.1. The van der Waals surface area contributed by atoms with Crippen molar-refractivity contribution in [2.24, 2.45) is 16.9 Å². The lowest BCUT2D eigenvalue weighted by Crippen LogP contribution is -2.39. The molecule has 0 aliphatic rings. The van der Waals surface area contributed by atoms with E-state index in [0.29, 0.717) is 43.1 Å². The molecule has 0 saturated heterocycles. The SMILES string of the molecule is COC[C@@H](N)CC[C@@H](c1nc(-c2cccc(F)c2)cn1Cc1cccc(F)c1)C(C)(C)C(N)=O. The molecule has 1 heterocycles. The van der Waals surface area contributed by atoms with Crippen molar-refractivity contribution in [2.45, 2.75) is 45.2 Å². The van der Waals surface area contributed by atoms with Crippen LogP contribution >= 0.6 is 0 Å². The summed E-state index contributed by atoms with van der Waals surface area (Å²) in [6, 6.07) is 12.2. The summed E-state index contributed by atoms with van der Waals surface area (Å²) in [5.41, 5.74) is 12.9. The Morgan fingerprint density at radius 2 is 1.79 bits per heavy atom. The lowest BCUT2D eigenvalue weighted by atomic mass is 9.74. The quantitative estimate of drug-likeness (QED) is 0.438. The third-order valence-electron chi connectivity index (χ3n) is 6.19. The first-order valence-corrected chi connectivity index (χ1v) is 11.2. The van der Waals surface area contributed by atoms with Crippen LogP contribution in [0.1, 0.15) is 44.0 Å². The van der Waals surface area contributed by atoms with Gasteiger partial charge in [-0.05, 0) is 42.7 Å². The molecule has 8 heteroatoms. The average Bonchev–Trinajstić information content (AvgIpc) is 3.17. The maximum Gasteiger partial charge on any atom is 0.223 e. The number of aromatic nitrogens is 2. The molecule has 2 atom stereocenters. The molecule has 4 N–H and O–H groups in total. The van der Waals surface area contributed by atoms with Crippen molar-refractivity contribution in [2.75, 3.05) is 13.7 Å². The Morgan fingerprint density at radius 1 is 1.12 bits per heavy atom. The van der Waals surface area contributed by atoms with Crippen LogP contribution in [0.2, 0.25) is 0 Å². The summed E-state index contributed by atoms with van der Waals surface area (Å²) < 4.78 is 34.8. The van der Waals surface area contributed by atoms with E-state index in [0.717, 1.165) is 5.56 Å². The molecule has 3 aromatic rings. The largest absolute Gasteiger partial charge is 0.383 e. The highest BCUT2D eigenvalue weighted by molar-refractivity contribution is 5.81. The van der Waals surface area contributed by atoms with Gasteiger partial charge in [-0.25, -0.2) is 13.8 Å². The molecule has 0 aliphatic heterocycles. The van der Waals surface area contributed by atoms with Gasteiger partial charge >= 0.3 is 0 Å². The Kier molecular flexibility index (Phi) is 8.17. The number of carbonyl (C=O) groups is 1. The summed E-state index contributed by atoms with van der Waals surface area (Å²) in [7, 11) is 1.58. The van der Waals surface area contributed by atoms with E-state index in [4.69, 9.17) is 21.2 Å². The van der Waals surface area contributed by atoms with Crippen LogP contribution in [0.15, 0.2) is 54.7 Å². The van der Waals surface area contributed by atoms with Crippen LogP contribution < -0.4 is 11.5 Å². The summed E-state index contributed by atoms with van der Waals surface area (Å²) in [5.74, 6) is -0.964. The van der Waals surface area contributed by atoms with Gasteiger partial charge in [0.15, 0.2) is 0 Å². The molecule has 3 rings (SSSR count). The van der Waals surface area contributed by atoms with Crippen molar-refractivity contribution >= 4 is 5.91 Å². The van der Waals surface area contributed by atoms with Crippen LogP contribution in [0, 0.1) is 17.0 Å². The van der Waals surface area contributed by atoms with Crippen LogP contribution in [0.4, 0.5) is 8.78 Å². The predicted molar refractivity (Wildman–Crippen MR) is 128 cm³/mol. The van der Waals surface area contributed by atoms with E-state index in [-0.39, 0.29) is 23.6 Å². The molecule has 0 spiro atoms. The Morgan fingerprint density at radius 3 is 2.41 bits per heavy atom. The van der Waals surface area contributed by atoms with Gasteiger partial charge in [0, 0.05) is 37.4 Å². The zero-order valence-corrected chi connectivity index (χ0v) is 19.8. The molecular formula is C26H32F2N4O2. The molecule has 0 fully saturated rings. The summed E-state index contributed by atoms with van der Waals surface area (Å²) in [5, 5.41) is 0. The minimum atomic E-state index is -0.947. The molecule has 0 saturated carbocycles. The number of hydrogen-bond acceptors (Lipinski definition) is 4. The van der Waals surface area contributed by atoms with Crippen molar-refractivity contribution < 1.29 is 18.3 Å². The van der Waals surface area contributed by atoms with Gasteiger partial charge in [-0.3, -0.25) is 4.79 Å². The highest BCUT2D eigenvalue weighted by Gasteiger charge is 2.39. The number of imidazole rings is 1. The standard InChI is InChI=1S/C26H32F2N4O2/c1-26(2,25(30)33)22(11-10-21(29)16-34-3)24-31-23(18-7-5-9-20(28)13-18)15-32(24)14-17-6-4-8-19(27)12-17/h4-9,12-13,15,21-22H,10-11,14,16,29H2,1-3H3,(H2,30,33)/t21-,22-/m0/s1. The number of benzene rings is 2. The van der Waals surface area contributed by atoms with Crippen LogP contribution in [0.25, 0.3) is 11.3 Å². The number of ether oxygens (including phenoxy) is 1. The van der Waals surface area contributed by atoms with Gasteiger partial charge in [-0.2, -0.15) is 0 Å². The maximum atomic E-state index is 13.9. The Hall–Kier alpha value is -3.10. The molecular weight excluding hydrogens is 438 g/mol. The third kappa shape index (κ3) is 6.07. The zero-order valence-electron chi connectivity index (χ0n) is 19.8. The van der Waals surface area contributed by atoms with E-state index in [2.05, 4.69) is 0 Å². The fourth-order valence-electron chi connectivity index (χ4n) is 4.12. The fourth-order valence-corrected chi connectivity index (χ4v) is 4.12. The zero-order chi connectivity index (χ0) is 24.9. The van der Waals surface area contributed by atoms with E-state index in [1.54, 1.807) is 45.4 Å². The normalized spacial score (nSPS) is 13.6. The first kappa shape index (κ1) is 25.5. The Bertz CT molecular complexity index is 1130. The maximum absolute atomic E-state index is 13.9. The van der Waals surface area contributed by atoms with E-state index < -0.39 is 11.3 Å². The van der Waals surface area contributed by atoms with Gasteiger partial charge in [0.25, 0.3) is 0 Å². The molecule has 0 aliphatic carbocycles. The van der Waals surface area contributed by atoms with Crippen LogP contribution in [-0.4, -0.2) is 35.2 Å². The number of primary amides is 1. The van der Waals surface area contributed by atoms with Crippen molar-refractivity contribution in [3.8, 4) is 11.3 Å². The van der Waals surface area contributed by atoms with E-state index >= 15 is 0 Å². The molecule has 0 bridgehead atoms. The average molecular weight is 471 g/mol. The molecule has 0 radical (unpaired) electrons. The fraction of sp³-hybridized carbons (Fsp3) is 0.385.